The number of para-hydroxylation sites is 1. The highest BCUT2D eigenvalue weighted by Crippen LogP contribution is 2.34. The number of benzene rings is 3. The Morgan fingerprint density at radius 2 is 1.70 bits per heavy atom. The summed E-state index contributed by atoms with van der Waals surface area (Å²) in [5.41, 5.74) is 0.770. The van der Waals surface area contributed by atoms with Gasteiger partial charge in [0.25, 0.3) is 5.91 Å². The van der Waals surface area contributed by atoms with E-state index < -0.39 is 15.9 Å². The lowest BCUT2D eigenvalue weighted by atomic mass is 10.2. The van der Waals surface area contributed by atoms with Gasteiger partial charge in [0.15, 0.2) is 0 Å². The van der Waals surface area contributed by atoms with E-state index in [-0.39, 0.29) is 23.5 Å². The number of carbonyl (C=O) groups is 1. The van der Waals surface area contributed by atoms with Crippen molar-refractivity contribution >= 4 is 33.4 Å². The molecule has 1 fully saturated rings. The Labute approximate surface area is 197 Å². The molecule has 0 aliphatic carbocycles. The van der Waals surface area contributed by atoms with E-state index in [1.165, 1.54) is 41.4 Å². The van der Waals surface area contributed by atoms with Crippen LogP contribution >= 0.6 is 11.8 Å². The molecule has 0 radical (unpaired) electrons. The van der Waals surface area contributed by atoms with E-state index in [0.29, 0.717) is 24.7 Å². The maximum atomic E-state index is 13.2. The Kier molecular flexibility index (Phi) is 7.34. The molecule has 4 rings (SSSR count). The van der Waals surface area contributed by atoms with Crippen molar-refractivity contribution in [2.24, 2.45) is 0 Å². The van der Waals surface area contributed by atoms with Crippen LogP contribution in [0.5, 0.6) is 5.75 Å². The van der Waals surface area contributed by atoms with E-state index in [1.54, 1.807) is 0 Å². The van der Waals surface area contributed by atoms with Gasteiger partial charge in [-0.25, -0.2) is 8.42 Å². The van der Waals surface area contributed by atoms with E-state index in [0.717, 1.165) is 9.79 Å². The molecule has 7 nitrogen and oxygen atoms in total. The van der Waals surface area contributed by atoms with Gasteiger partial charge in [-0.15, -0.1) is 0 Å². The topological polar surface area (TPSA) is 84.9 Å². The standard InChI is InChI=1S/C24H24N2O5S2/c1-30-22-12-11-19(33(28,29)26-13-15-31-16-14-26)17-20(22)24(27)25-21-9-5-6-10-23(21)32-18-7-3-2-4-8-18/h2-12,17H,13-16H2,1H3,(H,25,27). The van der Waals surface area contributed by atoms with E-state index >= 15 is 0 Å². The monoisotopic (exact) mass is 484 g/mol. The molecule has 1 saturated heterocycles. The summed E-state index contributed by atoms with van der Waals surface area (Å²) in [6.45, 7) is 1.25. The first-order valence-corrected chi connectivity index (χ1v) is 12.6. The highest BCUT2D eigenvalue weighted by molar-refractivity contribution is 7.99. The summed E-state index contributed by atoms with van der Waals surface area (Å²) >= 11 is 1.53. The number of ether oxygens (including phenoxy) is 2. The van der Waals surface area contributed by atoms with E-state index in [1.807, 2.05) is 54.6 Å². The second-order valence-electron chi connectivity index (χ2n) is 7.24. The molecule has 172 valence electrons. The fourth-order valence-corrected chi connectivity index (χ4v) is 5.78. The molecule has 1 aliphatic rings. The summed E-state index contributed by atoms with van der Waals surface area (Å²) in [6.07, 6.45) is 0. The largest absolute Gasteiger partial charge is 0.496 e. The fraction of sp³-hybridized carbons (Fsp3) is 0.208. The van der Waals surface area contributed by atoms with Crippen LogP contribution in [0.15, 0.2) is 87.5 Å². The van der Waals surface area contributed by atoms with Gasteiger partial charge >= 0.3 is 0 Å². The summed E-state index contributed by atoms with van der Waals surface area (Å²) in [4.78, 5) is 15.2. The SMILES string of the molecule is COc1ccc(S(=O)(=O)N2CCOCC2)cc1C(=O)Nc1ccccc1Sc1ccccc1. The van der Waals surface area contributed by atoms with Crippen LogP contribution in [0.3, 0.4) is 0 Å². The molecule has 1 aliphatic heterocycles. The molecule has 0 saturated carbocycles. The summed E-state index contributed by atoms with van der Waals surface area (Å²) < 4.78 is 38.1. The van der Waals surface area contributed by atoms with Crippen molar-refractivity contribution in [3.8, 4) is 5.75 Å². The highest BCUT2D eigenvalue weighted by atomic mass is 32.2. The molecule has 0 spiro atoms. The average molecular weight is 485 g/mol. The van der Waals surface area contributed by atoms with Crippen LogP contribution < -0.4 is 10.1 Å². The van der Waals surface area contributed by atoms with Crippen molar-refractivity contribution in [2.45, 2.75) is 14.7 Å². The van der Waals surface area contributed by atoms with E-state index in [2.05, 4.69) is 5.32 Å². The van der Waals surface area contributed by atoms with Crippen LogP contribution in [0.25, 0.3) is 0 Å². The zero-order chi connectivity index (χ0) is 23.3. The Morgan fingerprint density at radius 1 is 1.00 bits per heavy atom. The molecular weight excluding hydrogens is 460 g/mol. The fourth-order valence-electron chi connectivity index (χ4n) is 3.43. The molecule has 0 atom stereocenters. The lowest BCUT2D eigenvalue weighted by Gasteiger charge is -2.26. The summed E-state index contributed by atoms with van der Waals surface area (Å²) in [5.74, 6) is -0.159. The van der Waals surface area contributed by atoms with Crippen molar-refractivity contribution in [3.63, 3.8) is 0 Å². The molecule has 1 N–H and O–H groups in total. The number of carbonyl (C=O) groups excluding carboxylic acids is 1. The van der Waals surface area contributed by atoms with Gasteiger partial charge in [-0.1, -0.05) is 42.1 Å². The third kappa shape index (κ3) is 5.39. The van der Waals surface area contributed by atoms with Crippen molar-refractivity contribution in [3.05, 3.63) is 78.4 Å². The van der Waals surface area contributed by atoms with Crippen molar-refractivity contribution < 1.29 is 22.7 Å². The summed E-state index contributed by atoms with van der Waals surface area (Å²) in [7, 11) is -2.31. The van der Waals surface area contributed by atoms with Crippen LogP contribution in [0, 0.1) is 0 Å². The number of nitrogens with zero attached hydrogens (tertiary/aromatic N) is 1. The third-order valence-corrected chi connectivity index (χ3v) is 8.11. The Bertz CT molecular complexity index is 1230. The van der Waals surface area contributed by atoms with Gasteiger partial charge in [-0.05, 0) is 42.5 Å². The lowest BCUT2D eigenvalue weighted by molar-refractivity contribution is 0.0730. The first-order valence-electron chi connectivity index (χ1n) is 10.4. The number of anilines is 1. The van der Waals surface area contributed by atoms with Crippen LogP contribution in [0.2, 0.25) is 0 Å². The molecule has 0 aromatic heterocycles. The zero-order valence-corrected chi connectivity index (χ0v) is 19.7. The predicted molar refractivity (Wildman–Crippen MR) is 128 cm³/mol. The van der Waals surface area contributed by atoms with Gasteiger partial charge in [0, 0.05) is 22.9 Å². The molecule has 0 unspecified atom stereocenters. The predicted octanol–water partition coefficient (Wildman–Crippen LogP) is 4.12. The van der Waals surface area contributed by atoms with Crippen molar-refractivity contribution in [1.82, 2.24) is 4.31 Å². The molecular formula is C24H24N2O5S2. The zero-order valence-electron chi connectivity index (χ0n) is 18.1. The van der Waals surface area contributed by atoms with Crippen molar-refractivity contribution in [1.29, 1.82) is 0 Å². The van der Waals surface area contributed by atoms with E-state index in [9.17, 15) is 13.2 Å². The Morgan fingerprint density at radius 3 is 2.42 bits per heavy atom. The van der Waals surface area contributed by atoms with Crippen LogP contribution in [-0.2, 0) is 14.8 Å². The van der Waals surface area contributed by atoms with Gasteiger partial charge in [-0.3, -0.25) is 4.79 Å². The first kappa shape index (κ1) is 23.3. The maximum Gasteiger partial charge on any atom is 0.259 e. The minimum atomic E-state index is -3.75. The molecule has 1 heterocycles. The van der Waals surface area contributed by atoms with Crippen LogP contribution in [-0.4, -0.2) is 52.0 Å². The smallest absolute Gasteiger partial charge is 0.259 e. The number of methoxy groups -OCH3 is 1. The highest BCUT2D eigenvalue weighted by Gasteiger charge is 2.28. The van der Waals surface area contributed by atoms with Gasteiger partial charge in [0.1, 0.15) is 5.75 Å². The molecule has 3 aromatic carbocycles. The summed E-state index contributed by atoms with van der Waals surface area (Å²) in [6, 6.07) is 21.6. The number of hydrogen-bond donors (Lipinski definition) is 1. The van der Waals surface area contributed by atoms with Crippen LogP contribution in [0.4, 0.5) is 5.69 Å². The number of rotatable bonds is 7. The van der Waals surface area contributed by atoms with Gasteiger partial charge in [0.05, 0.1) is 36.5 Å². The Hall–Kier alpha value is -2.85. The average Bonchev–Trinajstić information content (AvgIpc) is 2.86. The third-order valence-electron chi connectivity index (χ3n) is 5.13. The molecule has 3 aromatic rings. The number of nitrogens with one attached hydrogen (secondary N) is 1. The van der Waals surface area contributed by atoms with Crippen molar-refractivity contribution in [2.75, 3.05) is 38.7 Å². The Balaban J connectivity index is 1.62. The molecule has 1 amide bonds. The first-order chi connectivity index (χ1) is 16.0. The maximum absolute atomic E-state index is 13.2. The minimum absolute atomic E-state index is 0.0438. The number of amides is 1. The lowest BCUT2D eigenvalue weighted by Crippen LogP contribution is -2.40. The summed E-state index contributed by atoms with van der Waals surface area (Å²) in [5, 5.41) is 2.91. The molecule has 33 heavy (non-hydrogen) atoms. The quantitative estimate of drug-likeness (QED) is 0.543. The molecule has 9 heteroatoms. The van der Waals surface area contributed by atoms with Gasteiger partial charge < -0.3 is 14.8 Å². The number of morpholine rings is 1. The van der Waals surface area contributed by atoms with Gasteiger partial charge in [0.2, 0.25) is 10.0 Å². The molecule has 0 bridgehead atoms. The van der Waals surface area contributed by atoms with E-state index in [4.69, 9.17) is 9.47 Å². The van der Waals surface area contributed by atoms with Crippen LogP contribution in [0.1, 0.15) is 10.4 Å². The van der Waals surface area contributed by atoms with Gasteiger partial charge in [-0.2, -0.15) is 4.31 Å². The minimum Gasteiger partial charge on any atom is -0.496 e. The normalized spacial score (nSPS) is 14.6. The number of sulfonamides is 1. The second-order valence-corrected chi connectivity index (χ2v) is 10.3. The number of hydrogen-bond acceptors (Lipinski definition) is 6. The second kappa shape index (κ2) is 10.4.